The number of aliphatic hydroxyl groups excluding tert-OH is 1. The number of hydrogen-bond acceptors (Lipinski definition) is 3. The van der Waals surface area contributed by atoms with Crippen LogP contribution < -0.4 is 0 Å². The Morgan fingerprint density at radius 2 is 2.19 bits per heavy atom. The summed E-state index contributed by atoms with van der Waals surface area (Å²) in [4.78, 5) is 0. The smallest absolute Gasteiger partial charge is 0.105 e. The maximum atomic E-state index is 10.0. The van der Waals surface area contributed by atoms with Crippen LogP contribution in [0.1, 0.15) is 39.0 Å². The molecule has 1 aromatic rings. The topological polar surface area (TPSA) is 38.0 Å². The number of hydrogen-bond donors (Lipinski definition) is 1. The van der Waals surface area contributed by atoms with Gasteiger partial charge in [-0.15, -0.1) is 0 Å². The number of aromatic nitrogens is 2. The molecule has 0 aromatic carbocycles. The second kappa shape index (κ2) is 6.97. The van der Waals surface area contributed by atoms with Crippen molar-refractivity contribution in [3.05, 3.63) is 18.0 Å². The summed E-state index contributed by atoms with van der Waals surface area (Å²) in [6, 6.07) is 1.91. The Labute approximate surface area is 102 Å². The average Bonchev–Trinajstić information content (AvgIpc) is 2.66. The molecule has 1 rings (SSSR count). The Morgan fingerprint density at radius 1 is 1.44 bits per heavy atom. The monoisotopic (exact) mass is 242 g/mol. The van der Waals surface area contributed by atoms with Gasteiger partial charge in [-0.1, -0.05) is 20.8 Å². The molecule has 3 nitrogen and oxygen atoms in total. The van der Waals surface area contributed by atoms with Crippen molar-refractivity contribution >= 4 is 11.8 Å². The fourth-order valence-electron chi connectivity index (χ4n) is 1.53. The molecule has 1 N–H and O–H groups in total. The molecule has 0 aliphatic carbocycles. The highest BCUT2D eigenvalue weighted by atomic mass is 32.2. The van der Waals surface area contributed by atoms with Gasteiger partial charge in [-0.3, -0.25) is 4.68 Å². The van der Waals surface area contributed by atoms with Crippen LogP contribution in [0.2, 0.25) is 0 Å². The molecular weight excluding hydrogens is 220 g/mol. The van der Waals surface area contributed by atoms with Crippen LogP contribution in [-0.4, -0.2) is 26.4 Å². The summed E-state index contributed by atoms with van der Waals surface area (Å²) in [5.41, 5.74) is 0.943. The predicted molar refractivity (Wildman–Crippen MR) is 69.6 cm³/mol. The van der Waals surface area contributed by atoms with Crippen molar-refractivity contribution in [3.8, 4) is 0 Å². The fourth-order valence-corrected chi connectivity index (χ4v) is 2.53. The number of aliphatic hydroxyl groups is 1. The summed E-state index contributed by atoms with van der Waals surface area (Å²) >= 11 is 1.80. The first kappa shape index (κ1) is 13.6. The summed E-state index contributed by atoms with van der Waals surface area (Å²) in [6.07, 6.45) is 2.42. The van der Waals surface area contributed by atoms with E-state index >= 15 is 0 Å². The zero-order valence-electron chi connectivity index (χ0n) is 10.4. The van der Waals surface area contributed by atoms with Gasteiger partial charge in [-0.05, 0) is 24.2 Å². The number of thioether (sulfide) groups is 1. The summed E-state index contributed by atoms with van der Waals surface area (Å²) in [5, 5.41) is 14.3. The Hall–Kier alpha value is -0.480. The van der Waals surface area contributed by atoms with E-state index in [1.54, 1.807) is 18.0 Å². The summed E-state index contributed by atoms with van der Waals surface area (Å²) in [6.45, 7) is 7.39. The SMILES string of the molecule is CCCn1nccc1C(O)CSCC(C)C. The lowest BCUT2D eigenvalue weighted by atomic mass is 10.3. The predicted octanol–water partition coefficient (Wildman–Crippen LogP) is 2.72. The van der Waals surface area contributed by atoms with E-state index < -0.39 is 6.10 Å². The minimum atomic E-state index is -0.391. The van der Waals surface area contributed by atoms with Crippen LogP contribution in [0.4, 0.5) is 0 Å². The molecule has 1 unspecified atom stereocenters. The lowest BCUT2D eigenvalue weighted by molar-refractivity contribution is 0.191. The standard InChI is InChI=1S/C12H22N2OS/c1-4-7-14-11(5-6-13-14)12(15)9-16-8-10(2)3/h5-6,10,12,15H,4,7-9H2,1-3H3. The molecule has 1 aromatic heterocycles. The zero-order valence-corrected chi connectivity index (χ0v) is 11.2. The summed E-state index contributed by atoms with van der Waals surface area (Å²) in [7, 11) is 0. The summed E-state index contributed by atoms with van der Waals surface area (Å²) in [5.74, 6) is 2.53. The highest BCUT2D eigenvalue weighted by molar-refractivity contribution is 7.99. The maximum Gasteiger partial charge on any atom is 0.105 e. The first-order valence-electron chi connectivity index (χ1n) is 5.92. The number of nitrogens with zero attached hydrogens (tertiary/aromatic N) is 2. The van der Waals surface area contributed by atoms with Gasteiger partial charge in [0.05, 0.1) is 5.69 Å². The Morgan fingerprint density at radius 3 is 2.81 bits per heavy atom. The molecule has 0 saturated heterocycles. The highest BCUT2D eigenvalue weighted by Gasteiger charge is 2.12. The van der Waals surface area contributed by atoms with E-state index in [1.807, 2.05) is 10.7 Å². The van der Waals surface area contributed by atoms with E-state index in [1.165, 1.54) is 0 Å². The van der Waals surface area contributed by atoms with Crippen molar-refractivity contribution in [1.29, 1.82) is 0 Å². The molecule has 0 fully saturated rings. The molecule has 92 valence electrons. The highest BCUT2D eigenvalue weighted by Crippen LogP contribution is 2.19. The Balaban J connectivity index is 2.45. The third-order valence-corrected chi connectivity index (χ3v) is 3.71. The minimum Gasteiger partial charge on any atom is -0.386 e. The van der Waals surface area contributed by atoms with Gasteiger partial charge >= 0.3 is 0 Å². The molecule has 0 amide bonds. The van der Waals surface area contributed by atoms with Gasteiger partial charge in [0.2, 0.25) is 0 Å². The van der Waals surface area contributed by atoms with Crippen LogP contribution in [0.25, 0.3) is 0 Å². The number of aryl methyl sites for hydroxylation is 1. The van der Waals surface area contributed by atoms with Gasteiger partial charge in [0, 0.05) is 18.5 Å². The molecule has 0 radical (unpaired) electrons. The molecule has 0 bridgehead atoms. The molecule has 0 saturated carbocycles. The largest absolute Gasteiger partial charge is 0.386 e. The molecule has 0 spiro atoms. The van der Waals surface area contributed by atoms with E-state index in [-0.39, 0.29) is 0 Å². The van der Waals surface area contributed by atoms with Crippen molar-refractivity contribution in [3.63, 3.8) is 0 Å². The second-order valence-electron chi connectivity index (χ2n) is 4.43. The van der Waals surface area contributed by atoms with Gasteiger partial charge in [-0.2, -0.15) is 16.9 Å². The molecule has 0 aliphatic heterocycles. The van der Waals surface area contributed by atoms with Crippen molar-refractivity contribution in [2.24, 2.45) is 5.92 Å². The van der Waals surface area contributed by atoms with Crippen LogP contribution in [0.15, 0.2) is 12.3 Å². The summed E-state index contributed by atoms with van der Waals surface area (Å²) < 4.78 is 1.90. The zero-order chi connectivity index (χ0) is 12.0. The van der Waals surface area contributed by atoms with Crippen molar-refractivity contribution in [2.45, 2.75) is 39.8 Å². The van der Waals surface area contributed by atoms with Gasteiger partial charge in [0.25, 0.3) is 0 Å². The average molecular weight is 242 g/mol. The van der Waals surface area contributed by atoms with E-state index in [9.17, 15) is 5.11 Å². The first-order valence-corrected chi connectivity index (χ1v) is 7.08. The normalized spacial score (nSPS) is 13.3. The van der Waals surface area contributed by atoms with Gasteiger partial charge in [0.1, 0.15) is 6.10 Å². The lowest BCUT2D eigenvalue weighted by Gasteiger charge is -2.13. The third-order valence-electron chi connectivity index (χ3n) is 2.25. The Bertz CT molecular complexity index is 299. The van der Waals surface area contributed by atoms with Crippen LogP contribution in [0.5, 0.6) is 0 Å². The van der Waals surface area contributed by atoms with Crippen molar-refractivity contribution in [2.75, 3.05) is 11.5 Å². The Kier molecular flexibility index (Phi) is 5.91. The van der Waals surface area contributed by atoms with E-state index in [0.29, 0.717) is 5.92 Å². The minimum absolute atomic E-state index is 0.391. The van der Waals surface area contributed by atoms with Crippen LogP contribution in [-0.2, 0) is 6.54 Å². The fraction of sp³-hybridized carbons (Fsp3) is 0.750. The van der Waals surface area contributed by atoms with Crippen LogP contribution in [0.3, 0.4) is 0 Å². The third kappa shape index (κ3) is 4.18. The molecular formula is C12H22N2OS. The van der Waals surface area contributed by atoms with E-state index in [2.05, 4.69) is 25.9 Å². The van der Waals surface area contributed by atoms with Gasteiger partial charge in [0.15, 0.2) is 0 Å². The van der Waals surface area contributed by atoms with E-state index in [0.717, 1.165) is 30.2 Å². The molecule has 16 heavy (non-hydrogen) atoms. The van der Waals surface area contributed by atoms with E-state index in [4.69, 9.17) is 0 Å². The van der Waals surface area contributed by atoms with Crippen molar-refractivity contribution in [1.82, 2.24) is 9.78 Å². The van der Waals surface area contributed by atoms with Crippen LogP contribution in [0, 0.1) is 5.92 Å². The first-order chi connectivity index (χ1) is 7.65. The number of rotatable bonds is 7. The van der Waals surface area contributed by atoms with Gasteiger partial charge < -0.3 is 5.11 Å². The second-order valence-corrected chi connectivity index (χ2v) is 5.50. The molecule has 0 aliphatic rings. The molecule has 4 heteroatoms. The quantitative estimate of drug-likeness (QED) is 0.799. The molecule has 1 heterocycles. The molecule has 1 atom stereocenters. The van der Waals surface area contributed by atoms with Crippen molar-refractivity contribution < 1.29 is 5.11 Å². The lowest BCUT2D eigenvalue weighted by Crippen LogP contribution is -2.11. The maximum absolute atomic E-state index is 10.0. The van der Waals surface area contributed by atoms with Gasteiger partial charge in [-0.25, -0.2) is 0 Å². The van der Waals surface area contributed by atoms with Crippen LogP contribution >= 0.6 is 11.8 Å².